The molecule has 0 spiro atoms. The maximum atomic E-state index is 12.4. The number of methoxy groups -OCH3 is 1. The Kier molecular flexibility index (Phi) is 4.50. The van der Waals surface area contributed by atoms with Crippen molar-refractivity contribution in [1.29, 1.82) is 0 Å². The van der Waals surface area contributed by atoms with E-state index in [4.69, 9.17) is 4.74 Å². The third-order valence-electron chi connectivity index (χ3n) is 4.13. The second kappa shape index (κ2) is 6.74. The van der Waals surface area contributed by atoms with E-state index >= 15 is 0 Å². The molecule has 0 aliphatic heterocycles. The van der Waals surface area contributed by atoms with Crippen molar-refractivity contribution >= 4 is 5.91 Å². The zero-order valence-electron chi connectivity index (χ0n) is 13.4. The SMILES string of the molecule is COc1ccccc1-n1nc(C(=O)NC2CCCC2)c(O)cc1=O. The zero-order valence-corrected chi connectivity index (χ0v) is 13.4. The third-order valence-corrected chi connectivity index (χ3v) is 4.13. The van der Waals surface area contributed by atoms with Gasteiger partial charge in [0.1, 0.15) is 11.4 Å². The van der Waals surface area contributed by atoms with E-state index in [1.54, 1.807) is 24.3 Å². The molecule has 1 aromatic heterocycles. The maximum absolute atomic E-state index is 12.4. The first-order chi connectivity index (χ1) is 11.6. The summed E-state index contributed by atoms with van der Waals surface area (Å²) in [5.74, 6) is -0.468. The minimum atomic E-state index is -0.547. The lowest BCUT2D eigenvalue weighted by atomic mass is 10.2. The fraction of sp³-hybridized carbons (Fsp3) is 0.353. The van der Waals surface area contributed by atoms with Crippen molar-refractivity contribution in [2.45, 2.75) is 31.7 Å². The van der Waals surface area contributed by atoms with Gasteiger partial charge in [-0.25, -0.2) is 0 Å². The first-order valence-corrected chi connectivity index (χ1v) is 7.87. The fourth-order valence-electron chi connectivity index (χ4n) is 2.91. The molecule has 0 bridgehead atoms. The number of carbonyl (C=O) groups excluding carboxylic acids is 1. The van der Waals surface area contributed by atoms with E-state index in [0.29, 0.717) is 11.4 Å². The number of amides is 1. The predicted octanol–water partition coefficient (Wildman–Crippen LogP) is 1.62. The van der Waals surface area contributed by atoms with Crippen LogP contribution in [0.15, 0.2) is 35.1 Å². The van der Waals surface area contributed by atoms with Crippen LogP contribution in [-0.2, 0) is 0 Å². The van der Waals surface area contributed by atoms with E-state index < -0.39 is 17.2 Å². The van der Waals surface area contributed by atoms with Crippen LogP contribution in [0.4, 0.5) is 0 Å². The van der Waals surface area contributed by atoms with Crippen molar-refractivity contribution in [3.05, 3.63) is 46.4 Å². The smallest absolute Gasteiger partial charge is 0.275 e. The summed E-state index contributed by atoms with van der Waals surface area (Å²) in [6.45, 7) is 0. The van der Waals surface area contributed by atoms with E-state index in [2.05, 4.69) is 10.4 Å². The molecule has 1 amide bonds. The molecule has 7 nitrogen and oxygen atoms in total. The fourth-order valence-corrected chi connectivity index (χ4v) is 2.91. The monoisotopic (exact) mass is 329 g/mol. The molecule has 1 heterocycles. The quantitative estimate of drug-likeness (QED) is 0.889. The molecule has 3 rings (SSSR count). The molecule has 1 aliphatic rings. The van der Waals surface area contributed by atoms with Crippen molar-refractivity contribution < 1.29 is 14.6 Å². The van der Waals surface area contributed by atoms with Gasteiger partial charge in [-0.1, -0.05) is 25.0 Å². The number of hydrogen-bond donors (Lipinski definition) is 2. The molecule has 7 heteroatoms. The number of rotatable bonds is 4. The molecule has 1 fully saturated rings. The van der Waals surface area contributed by atoms with Gasteiger partial charge >= 0.3 is 0 Å². The largest absolute Gasteiger partial charge is 0.505 e. The van der Waals surface area contributed by atoms with Crippen LogP contribution in [-0.4, -0.2) is 33.9 Å². The van der Waals surface area contributed by atoms with E-state index in [9.17, 15) is 14.7 Å². The summed E-state index contributed by atoms with van der Waals surface area (Å²) in [5.41, 5.74) is -0.318. The van der Waals surface area contributed by atoms with Crippen molar-refractivity contribution in [2.75, 3.05) is 7.11 Å². The molecule has 0 atom stereocenters. The molecule has 1 saturated carbocycles. The van der Waals surface area contributed by atoms with E-state index in [-0.39, 0.29) is 11.7 Å². The van der Waals surface area contributed by atoms with Gasteiger partial charge in [0, 0.05) is 12.1 Å². The first kappa shape index (κ1) is 16.0. The number of carbonyl (C=O) groups is 1. The van der Waals surface area contributed by atoms with Crippen LogP contribution >= 0.6 is 0 Å². The highest BCUT2D eigenvalue weighted by molar-refractivity contribution is 5.94. The normalized spacial score (nSPS) is 14.5. The number of nitrogens with zero attached hydrogens (tertiary/aromatic N) is 2. The molecular formula is C17H19N3O4. The lowest BCUT2D eigenvalue weighted by Crippen LogP contribution is -2.35. The van der Waals surface area contributed by atoms with Gasteiger partial charge in [-0.2, -0.15) is 9.78 Å². The van der Waals surface area contributed by atoms with Crippen LogP contribution in [0, 0.1) is 0 Å². The summed E-state index contributed by atoms with van der Waals surface area (Å²) < 4.78 is 6.29. The standard InChI is InChI=1S/C17H19N3O4/c1-24-14-9-5-4-8-12(14)20-15(22)10-13(21)16(19-20)17(23)18-11-6-2-3-7-11/h4-5,8-11,21H,2-3,6-7H2,1H3,(H,18,23). The van der Waals surface area contributed by atoms with Gasteiger partial charge < -0.3 is 15.2 Å². The predicted molar refractivity (Wildman–Crippen MR) is 87.8 cm³/mol. The minimum Gasteiger partial charge on any atom is -0.505 e. The Balaban J connectivity index is 1.99. The highest BCUT2D eigenvalue weighted by atomic mass is 16.5. The lowest BCUT2D eigenvalue weighted by Gasteiger charge is -2.14. The van der Waals surface area contributed by atoms with Gasteiger partial charge in [-0.05, 0) is 25.0 Å². The van der Waals surface area contributed by atoms with Crippen LogP contribution in [0.1, 0.15) is 36.2 Å². The number of benzene rings is 1. The summed E-state index contributed by atoms with van der Waals surface area (Å²) in [7, 11) is 1.48. The summed E-state index contributed by atoms with van der Waals surface area (Å²) in [6, 6.07) is 7.92. The lowest BCUT2D eigenvalue weighted by molar-refractivity contribution is 0.0927. The van der Waals surface area contributed by atoms with Gasteiger partial charge in [-0.3, -0.25) is 9.59 Å². The molecule has 2 aromatic rings. The number of ether oxygens (including phenoxy) is 1. The van der Waals surface area contributed by atoms with E-state index in [1.807, 2.05) is 0 Å². The van der Waals surface area contributed by atoms with Crippen LogP contribution in [0.2, 0.25) is 0 Å². The van der Waals surface area contributed by atoms with Gasteiger partial charge in [0.05, 0.1) is 7.11 Å². The van der Waals surface area contributed by atoms with Crippen LogP contribution in [0.3, 0.4) is 0 Å². The molecule has 1 aromatic carbocycles. The van der Waals surface area contributed by atoms with Crippen molar-refractivity contribution in [3.63, 3.8) is 0 Å². The van der Waals surface area contributed by atoms with Gasteiger partial charge in [0.2, 0.25) is 0 Å². The minimum absolute atomic E-state index is 0.0883. The number of hydrogen-bond acceptors (Lipinski definition) is 5. The topological polar surface area (TPSA) is 93.5 Å². The van der Waals surface area contributed by atoms with Crippen LogP contribution in [0.5, 0.6) is 11.5 Å². The third kappa shape index (κ3) is 3.10. The Labute approximate surface area is 138 Å². The zero-order chi connectivity index (χ0) is 17.1. The van der Waals surface area contributed by atoms with E-state index in [1.165, 1.54) is 7.11 Å². The number of aromatic hydroxyl groups is 1. The Morgan fingerprint density at radius 1 is 1.33 bits per heavy atom. The summed E-state index contributed by atoms with van der Waals surface area (Å²) >= 11 is 0. The second-order valence-corrected chi connectivity index (χ2v) is 5.75. The van der Waals surface area contributed by atoms with Crippen molar-refractivity contribution in [1.82, 2.24) is 15.1 Å². The molecule has 0 unspecified atom stereocenters. The van der Waals surface area contributed by atoms with Gasteiger partial charge in [0.15, 0.2) is 11.4 Å². The summed E-state index contributed by atoms with van der Waals surface area (Å²) in [6.07, 6.45) is 3.98. The van der Waals surface area contributed by atoms with E-state index in [0.717, 1.165) is 36.4 Å². The highest BCUT2D eigenvalue weighted by Crippen LogP contribution is 2.22. The Bertz CT molecular complexity index is 810. The van der Waals surface area contributed by atoms with Crippen LogP contribution < -0.4 is 15.6 Å². The first-order valence-electron chi connectivity index (χ1n) is 7.87. The second-order valence-electron chi connectivity index (χ2n) is 5.75. The average molecular weight is 329 g/mol. The molecule has 0 radical (unpaired) electrons. The maximum Gasteiger partial charge on any atom is 0.275 e. The molecule has 0 saturated heterocycles. The molecule has 1 aliphatic carbocycles. The number of aromatic nitrogens is 2. The van der Waals surface area contributed by atoms with Crippen LogP contribution in [0.25, 0.3) is 5.69 Å². The van der Waals surface area contributed by atoms with Gasteiger partial charge in [-0.15, -0.1) is 0 Å². The molecular weight excluding hydrogens is 310 g/mol. The summed E-state index contributed by atoms with van der Waals surface area (Å²) in [5, 5.41) is 16.9. The molecule has 2 N–H and O–H groups in total. The average Bonchev–Trinajstić information content (AvgIpc) is 3.08. The highest BCUT2D eigenvalue weighted by Gasteiger charge is 2.22. The molecule has 126 valence electrons. The Morgan fingerprint density at radius 2 is 2.04 bits per heavy atom. The Morgan fingerprint density at radius 3 is 2.75 bits per heavy atom. The summed E-state index contributed by atoms with van der Waals surface area (Å²) in [4.78, 5) is 24.6. The number of nitrogens with one attached hydrogen (secondary N) is 1. The van der Waals surface area contributed by atoms with Gasteiger partial charge in [0.25, 0.3) is 11.5 Å². The molecule has 24 heavy (non-hydrogen) atoms. The van der Waals surface area contributed by atoms with Crippen molar-refractivity contribution in [3.8, 4) is 17.2 Å². The number of para-hydroxylation sites is 2. The Hall–Kier alpha value is -2.83. The van der Waals surface area contributed by atoms with Crippen molar-refractivity contribution in [2.24, 2.45) is 0 Å².